The zero-order chi connectivity index (χ0) is 10.6. The van der Waals surface area contributed by atoms with Crippen LogP contribution in [0.25, 0.3) is 0 Å². The Hall–Kier alpha value is -1.52. The molecule has 1 fully saturated rings. The summed E-state index contributed by atoms with van der Waals surface area (Å²) >= 11 is 0. The van der Waals surface area contributed by atoms with Gasteiger partial charge in [-0.1, -0.05) is 6.58 Å². The minimum Gasteiger partial charge on any atom is -0.466 e. The molecule has 1 atom stereocenters. The lowest BCUT2D eigenvalue weighted by Crippen LogP contribution is -2.60. The van der Waals surface area contributed by atoms with Gasteiger partial charge in [-0.2, -0.15) is 0 Å². The number of hydrogen-bond donors (Lipinski definition) is 2. The molecular formula is C9H14N2O3. The molecule has 0 aromatic heterocycles. The number of carbonyl (C=O) groups excluding carboxylic acids is 2. The maximum atomic E-state index is 11.0. The van der Waals surface area contributed by atoms with Crippen LogP contribution in [-0.2, 0) is 14.3 Å². The van der Waals surface area contributed by atoms with E-state index < -0.39 is 0 Å². The van der Waals surface area contributed by atoms with E-state index in [1.54, 1.807) is 6.92 Å². The fourth-order valence-electron chi connectivity index (χ4n) is 1.09. The third-order valence-corrected chi connectivity index (χ3v) is 1.84. The quantitative estimate of drug-likeness (QED) is 0.463. The van der Waals surface area contributed by atoms with E-state index >= 15 is 0 Å². The zero-order valence-corrected chi connectivity index (χ0v) is 8.13. The molecule has 0 saturated carbocycles. The van der Waals surface area contributed by atoms with Gasteiger partial charge in [0.05, 0.1) is 13.0 Å². The van der Waals surface area contributed by atoms with Crippen LogP contribution in [0.2, 0.25) is 0 Å². The highest BCUT2D eigenvalue weighted by Gasteiger charge is 2.27. The third kappa shape index (κ3) is 2.76. The Bertz CT molecular complexity index is 263. The van der Waals surface area contributed by atoms with Crippen LogP contribution in [0.1, 0.15) is 13.3 Å². The van der Waals surface area contributed by atoms with Gasteiger partial charge in [-0.05, 0) is 6.92 Å². The molecule has 1 saturated heterocycles. The zero-order valence-electron chi connectivity index (χ0n) is 8.13. The fraction of sp³-hybridized carbons (Fsp3) is 0.556. The summed E-state index contributed by atoms with van der Waals surface area (Å²) in [5.41, 5.74) is 0.517. The lowest BCUT2D eigenvalue weighted by Gasteiger charge is -2.28. The Balaban J connectivity index is 2.21. The molecule has 0 aromatic rings. The van der Waals surface area contributed by atoms with Gasteiger partial charge >= 0.3 is 5.97 Å². The van der Waals surface area contributed by atoms with Gasteiger partial charge in [0.15, 0.2) is 0 Å². The molecule has 0 spiro atoms. The van der Waals surface area contributed by atoms with Gasteiger partial charge in [-0.25, -0.2) is 0 Å². The van der Waals surface area contributed by atoms with Crippen LogP contribution >= 0.6 is 0 Å². The molecule has 1 rings (SSSR count). The summed E-state index contributed by atoms with van der Waals surface area (Å²) in [6, 6.07) is -0.239. The summed E-state index contributed by atoms with van der Waals surface area (Å²) in [5.74, 6) is -0.389. The number of rotatable bonds is 5. The lowest BCUT2D eigenvalue weighted by atomic mass is 10.1. The second kappa shape index (κ2) is 4.64. The van der Waals surface area contributed by atoms with Crippen molar-refractivity contribution in [3.63, 3.8) is 0 Å². The predicted octanol–water partition coefficient (Wildman–Crippen LogP) is -0.459. The number of amides is 1. The second-order valence-electron chi connectivity index (χ2n) is 3.03. The van der Waals surface area contributed by atoms with Gasteiger partial charge in [0.25, 0.3) is 0 Å². The van der Waals surface area contributed by atoms with Gasteiger partial charge in [0.2, 0.25) is 5.91 Å². The number of β-lactam (4-membered cyclic amide) rings is 1. The monoisotopic (exact) mass is 198 g/mol. The maximum Gasteiger partial charge on any atom is 0.311 e. The van der Waals surface area contributed by atoms with Gasteiger partial charge < -0.3 is 15.4 Å². The first kappa shape index (κ1) is 10.6. The van der Waals surface area contributed by atoms with E-state index in [1.165, 1.54) is 0 Å². The normalized spacial score (nSPS) is 19.2. The minimum absolute atomic E-state index is 0.0602. The van der Waals surface area contributed by atoms with Crippen LogP contribution in [-0.4, -0.2) is 31.1 Å². The van der Waals surface area contributed by atoms with Crippen LogP contribution in [0.5, 0.6) is 0 Å². The Kier molecular flexibility index (Phi) is 3.50. The van der Waals surface area contributed by atoms with Crippen molar-refractivity contribution in [2.24, 2.45) is 0 Å². The van der Waals surface area contributed by atoms with Crippen molar-refractivity contribution in [2.45, 2.75) is 19.4 Å². The van der Waals surface area contributed by atoms with Crippen molar-refractivity contribution >= 4 is 11.9 Å². The molecule has 0 aromatic carbocycles. The van der Waals surface area contributed by atoms with Crippen molar-refractivity contribution in [1.82, 2.24) is 10.6 Å². The number of esters is 1. The summed E-state index contributed by atoms with van der Waals surface area (Å²) in [7, 11) is 0. The minimum atomic E-state index is -0.329. The first-order valence-electron chi connectivity index (χ1n) is 4.51. The van der Waals surface area contributed by atoms with Gasteiger partial charge in [0.1, 0.15) is 6.04 Å². The average Bonchev–Trinajstić information content (AvgIpc) is 2.12. The highest BCUT2D eigenvalue weighted by atomic mass is 16.5. The van der Waals surface area contributed by atoms with Gasteiger partial charge in [-0.3, -0.25) is 9.59 Å². The summed E-state index contributed by atoms with van der Waals surface area (Å²) < 4.78 is 4.73. The van der Waals surface area contributed by atoms with Crippen LogP contribution < -0.4 is 10.6 Å². The molecule has 0 radical (unpaired) electrons. The molecule has 14 heavy (non-hydrogen) atoms. The second-order valence-corrected chi connectivity index (χ2v) is 3.03. The first-order chi connectivity index (χ1) is 6.63. The van der Waals surface area contributed by atoms with E-state index in [0.29, 0.717) is 18.8 Å². The lowest BCUT2D eigenvalue weighted by molar-refractivity contribution is -0.142. The Morgan fingerprint density at radius 1 is 1.79 bits per heavy atom. The van der Waals surface area contributed by atoms with Crippen molar-refractivity contribution in [1.29, 1.82) is 0 Å². The molecule has 1 aliphatic heterocycles. The SMILES string of the molecule is C=C(CC(=O)OCC)NC1CNC1=O. The maximum absolute atomic E-state index is 11.0. The largest absolute Gasteiger partial charge is 0.466 e. The van der Waals surface area contributed by atoms with E-state index in [0.717, 1.165) is 0 Å². The van der Waals surface area contributed by atoms with Gasteiger partial charge in [-0.15, -0.1) is 0 Å². The molecule has 1 amide bonds. The molecule has 1 aliphatic rings. The molecule has 0 aliphatic carbocycles. The van der Waals surface area contributed by atoms with Crippen molar-refractivity contribution < 1.29 is 14.3 Å². The summed E-state index contributed by atoms with van der Waals surface area (Å²) in [6.07, 6.45) is 0.109. The predicted molar refractivity (Wildman–Crippen MR) is 50.3 cm³/mol. The van der Waals surface area contributed by atoms with Crippen molar-refractivity contribution in [3.05, 3.63) is 12.3 Å². The molecule has 5 heteroatoms. The van der Waals surface area contributed by atoms with Crippen LogP contribution in [0, 0.1) is 0 Å². The van der Waals surface area contributed by atoms with Crippen LogP contribution in [0.4, 0.5) is 0 Å². The molecule has 78 valence electrons. The first-order valence-corrected chi connectivity index (χ1v) is 4.51. The molecule has 5 nitrogen and oxygen atoms in total. The van der Waals surface area contributed by atoms with E-state index in [2.05, 4.69) is 17.2 Å². The molecule has 1 unspecified atom stereocenters. The standard InChI is InChI=1S/C9H14N2O3/c1-3-14-8(12)4-6(2)11-7-5-10-9(7)13/h7,11H,2-5H2,1H3,(H,10,13). The molecule has 0 bridgehead atoms. The molecular weight excluding hydrogens is 184 g/mol. The fourth-order valence-corrected chi connectivity index (χ4v) is 1.09. The van der Waals surface area contributed by atoms with E-state index in [-0.39, 0.29) is 24.3 Å². The number of nitrogens with one attached hydrogen (secondary N) is 2. The smallest absolute Gasteiger partial charge is 0.311 e. The number of ether oxygens (including phenoxy) is 1. The van der Waals surface area contributed by atoms with E-state index in [4.69, 9.17) is 4.74 Å². The van der Waals surface area contributed by atoms with Crippen molar-refractivity contribution in [3.8, 4) is 0 Å². The number of carbonyl (C=O) groups is 2. The molecule has 2 N–H and O–H groups in total. The van der Waals surface area contributed by atoms with E-state index in [1.807, 2.05) is 0 Å². The Morgan fingerprint density at radius 2 is 2.50 bits per heavy atom. The molecule has 1 heterocycles. The van der Waals surface area contributed by atoms with Crippen molar-refractivity contribution in [2.75, 3.05) is 13.2 Å². The Labute approximate surface area is 82.5 Å². The highest BCUT2D eigenvalue weighted by molar-refractivity contribution is 5.88. The van der Waals surface area contributed by atoms with Crippen LogP contribution in [0.3, 0.4) is 0 Å². The third-order valence-electron chi connectivity index (χ3n) is 1.84. The van der Waals surface area contributed by atoms with Gasteiger partial charge in [0, 0.05) is 12.2 Å². The van der Waals surface area contributed by atoms with Crippen LogP contribution in [0.15, 0.2) is 12.3 Å². The Morgan fingerprint density at radius 3 is 2.93 bits per heavy atom. The van der Waals surface area contributed by atoms with E-state index in [9.17, 15) is 9.59 Å². The topological polar surface area (TPSA) is 67.4 Å². The summed E-state index contributed by atoms with van der Waals surface area (Å²) in [5, 5.41) is 5.43. The summed E-state index contributed by atoms with van der Waals surface area (Å²) in [4.78, 5) is 21.8. The number of hydrogen-bond acceptors (Lipinski definition) is 4. The summed E-state index contributed by atoms with van der Waals surface area (Å²) in [6.45, 7) is 6.33. The average molecular weight is 198 g/mol. The highest BCUT2D eigenvalue weighted by Crippen LogP contribution is 2.01.